The van der Waals surface area contributed by atoms with Crippen LogP contribution in [0.15, 0.2) is 40.6 Å². The standard InChI is InChI=1S/C16H17F3N6O/c1-16(18,19)10-4-3-5-11(6-10)22-7-12(25-20)9-26-15-23-8-13(17)14(21-2)24-15/h3-8H,9,20H2,1-2H3,(H,21,23,24). The first-order valence-corrected chi connectivity index (χ1v) is 7.45. The van der Waals surface area contributed by atoms with Gasteiger partial charge in [-0.25, -0.2) is 18.2 Å². The number of rotatable bonds is 7. The number of ether oxygens (including phenoxy) is 1. The van der Waals surface area contributed by atoms with Gasteiger partial charge in [0.15, 0.2) is 11.6 Å². The maximum atomic E-state index is 13.3. The first-order chi connectivity index (χ1) is 12.3. The Hall–Kier alpha value is -3.17. The van der Waals surface area contributed by atoms with Crippen LogP contribution in [0.25, 0.3) is 0 Å². The molecule has 0 saturated heterocycles. The summed E-state index contributed by atoms with van der Waals surface area (Å²) in [7, 11) is 1.50. The van der Waals surface area contributed by atoms with E-state index >= 15 is 0 Å². The maximum Gasteiger partial charge on any atom is 0.318 e. The zero-order valence-corrected chi connectivity index (χ0v) is 14.1. The summed E-state index contributed by atoms with van der Waals surface area (Å²) in [5.41, 5.74) is 0.354. The van der Waals surface area contributed by atoms with E-state index < -0.39 is 11.7 Å². The van der Waals surface area contributed by atoms with Gasteiger partial charge in [0.2, 0.25) is 0 Å². The number of hydrogen-bond donors (Lipinski definition) is 2. The van der Waals surface area contributed by atoms with Gasteiger partial charge in [-0.1, -0.05) is 12.1 Å². The van der Waals surface area contributed by atoms with Gasteiger partial charge in [-0.05, 0) is 12.1 Å². The highest BCUT2D eigenvalue weighted by atomic mass is 19.3. The fourth-order valence-corrected chi connectivity index (χ4v) is 1.85. The van der Waals surface area contributed by atoms with Crippen LogP contribution < -0.4 is 15.9 Å². The molecule has 0 fully saturated rings. The number of hydrazone groups is 1. The van der Waals surface area contributed by atoms with E-state index in [2.05, 4.69) is 25.4 Å². The Morgan fingerprint density at radius 1 is 1.42 bits per heavy atom. The molecule has 26 heavy (non-hydrogen) atoms. The second-order valence-corrected chi connectivity index (χ2v) is 5.21. The summed E-state index contributed by atoms with van der Waals surface area (Å²) in [4.78, 5) is 11.5. The molecule has 0 aliphatic heterocycles. The van der Waals surface area contributed by atoms with Crippen molar-refractivity contribution >= 4 is 23.4 Å². The molecule has 0 bridgehead atoms. The zero-order valence-electron chi connectivity index (χ0n) is 14.1. The van der Waals surface area contributed by atoms with Crippen molar-refractivity contribution in [1.29, 1.82) is 0 Å². The molecule has 2 aromatic rings. The number of hydrogen-bond acceptors (Lipinski definition) is 7. The van der Waals surface area contributed by atoms with Crippen molar-refractivity contribution < 1.29 is 17.9 Å². The molecule has 7 nitrogen and oxygen atoms in total. The number of alkyl halides is 2. The zero-order chi connectivity index (χ0) is 19.2. The molecule has 0 atom stereocenters. The van der Waals surface area contributed by atoms with Crippen LogP contribution in [0.5, 0.6) is 6.01 Å². The number of anilines is 1. The topological polar surface area (TPSA) is 97.8 Å². The van der Waals surface area contributed by atoms with Gasteiger partial charge in [0, 0.05) is 19.5 Å². The quantitative estimate of drug-likeness (QED) is 0.446. The molecular formula is C16H17F3N6O. The highest BCUT2D eigenvalue weighted by Crippen LogP contribution is 2.29. The van der Waals surface area contributed by atoms with Crippen molar-refractivity contribution in [2.75, 3.05) is 19.0 Å². The molecule has 10 heteroatoms. The van der Waals surface area contributed by atoms with Crippen molar-refractivity contribution in [3.05, 3.63) is 41.8 Å². The summed E-state index contributed by atoms with van der Waals surface area (Å²) >= 11 is 0. The monoisotopic (exact) mass is 366 g/mol. The minimum atomic E-state index is -2.97. The van der Waals surface area contributed by atoms with E-state index in [-0.39, 0.29) is 29.7 Å². The van der Waals surface area contributed by atoms with Crippen molar-refractivity contribution in [1.82, 2.24) is 9.97 Å². The number of benzene rings is 1. The Morgan fingerprint density at radius 2 is 2.19 bits per heavy atom. The van der Waals surface area contributed by atoms with Crippen LogP contribution in [0, 0.1) is 5.82 Å². The molecule has 138 valence electrons. The molecule has 0 aliphatic carbocycles. The smallest absolute Gasteiger partial charge is 0.318 e. The molecule has 0 amide bonds. The molecule has 0 aliphatic rings. The predicted molar refractivity (Wildman–Crippen MR) is 92.8 cm³/mol. The summed E-state index contributed by atoms with van der Waals surface area (Å²) in [5.74, 6) is 1.65. The average Bonchev–Trinajstić information content (AvgIpc) is 2.62. The third kappa shape index (κ3) is 5.16. The largest absolute Gasteiger partial charge is 0.457 e. The van der Waals surface area contributed by atoms with Crippen LogP contribution in [0.4, 0.5) is 24.7 Å². The number of aliphatic imine (C=N–C) groups is 1. The fourth-order valence-electron chi connectivity index (χ4n) is 1.85. The summed E-state index contributed by atoms with van der Waals surface area (Å²) < 4.78 is 45.2. The van der Waals surface area contributed by atoms with Crippen LogP contribution >= 0.6 is 0 Å². The van der Waals surface area contributed by atoms with Crippen molar-refractivity contribution in [3.8, 4) is 6.01 Å². The lowest BCUT2D eigenvalue weighted by Crippen LogP contribution is -2.16. The van der Waals surface area contributed by atoms with E-state index in [4.69, 9.17) is 10.6 Å². The molecule has 0 saturated carbocycles. The molecule has 1 aromatic carbocycles. The van der Waals surface area contributed by atoms with E-state index in [0.717, 1.165) is 13.1 Å². The van der Waals surface area contributed by atoms with E-state index in [1.54, 1.807) is 6.07 Å². The van der Waals surface area contributed by atoms with Gasteiger partial charge in [0.25, 0.3) is 5.92 Å². The van der Waals surface area contributed by atoms with Crippen LogP contribution in [0.3, 0.4) is 0 Å². The third-order valence-electron chi connectivity index (χ3n) is 3.19. The lowest BCUT2D eigenvalue weighted by Gasteiger charge is -2.10. The van der Waals surface area contributed by atoms with Gasteiger partial charge in [0.05, 0.1) is 18.1 Å². The Balaban J connectivity index is 2.05. The highest BCUT2D eigenvalue weighted by molar-refractivity contribution is 6.31. The summed E-state index contributed by atoms with van der Waals surface area (Å²) in [6, 6.07) is 5.51. The summed E-state index contributed by atoms with van der Waals surface area (Å²) in [6.07, 6.45) is 2.23. The molecule has 0 unspecified atom stereocenters. The van der Waals surface area contributed by atoms with Gasteiger partial charge in [-0.2, -0.15) is 10.1 Å². The first kappa shape index (κ1) is 19.2. The number of nitrogens with zero attached hydrogens (tertiary/aromatic N) is 4. The van der Waals surface area contributed by atoms with E-state index in [9.17, 15) is 13.2 Å². The Labute approximate surface area is 147 Å². The number of nitrogens with two attached hydrogens (primary N) is 1. The predicted octanol–water partition coefficient (Wildman–Crippen LogP) is 2.87. The average molecular weight is 366 g/mol. The molecule has 2 rings (SSSR count). The number of aromatic nitrogens is 2. The van der Waals surface area contributed by atoms with Crippen molar-refractivity contribution in [3.63, 3.8) is 0 Å². The summed E-state index contributed by atoms with van der Waals surface area (Å²) in [5, 5.41) is 6.05. The van der Waals surface area contributed by atoms with Gasteiger partial charge in [-0.3, -0.25) is 4.99 Å². The number of halogens is 3. The lowest BCUT2D eigenvalue weighted by molar-refractivity contribution is 0.0175. The van der Waals surface area contributed by atoms with Gasteiger partial charge in [0.1, 0.15) is 12.3 Å². The van der Waals surface area contributed by atoms with E-state index in [1.165, 1.54) is 31.5 Å². The van der Waals surface area contributed by atoms with Crippen LogP contribution in [-0.2, 0) is 5.92 Å². The Morgan fingerprint density at radius 3 is 2.85 bits per heavy atom. The van der Waals surface area contributed by atoms with E-state index in [0.29, 0.717) is 5.69 Å². The minimum absolute atomic E-state index is 0.0211. The van der Waals surface area contributed by atoms with Crippen molar-refractivity contribution in [2.24, 2.45) is 15.9 Å². The summed E-state index contributed by atoms with van der Waals surface area (Å²) in [6.45, 7) is 0.664. The Bertz CT molecular complexity index is 820. The lowest BCUT2D eigenvalue weighted by atomic mass is 10.1. The fraction of sp³-hybridized carbons (Fsp3) is 0.250. The molecule has 1 heterocycles. The van der Waals surface area contributed by atoms with Gasteiger partial charge >= 0.3 is 6.01 Å². The molecule has 0 radical (unpaired) electrons. The molecular weight excluding hydrogens is 349 g/mol. The highest BCUT2D eigenvalue weighted by Gasteiger charge is 2.24. The second kappa shape index (κ2) is 8.28. The van der Waals surface area contributed by atoms with E-state index in [1.807, 2.05) is 0 Å². The molecule has 3 N–H and O–H groups in total. The first-order valence-electron chi connectivity index (χ1n) is 7.45. The van der Waals surface area contributed by atoms with Crippen LogP contribution in [-0.4, -0.2) is 35.5 Å². The second-order valence-electron chi connectivity index (χ2n) is 5.21. The SMILES string of the molecule is CNc1nc(OCC(C=Nc2cccc(C(C)(F)F)c2)=NN)ncc1F. The third-order valence-corrected chi connectivity index (χ3v) is 3.19. The molecule has 0 spiro atoms. The number of nitrogens with one attached hydrogen (secondary N) is 1. The van der Waals surface area contributed by atoms with Gasteiger partial charge in [-0.15, -0.1) is 0 Å². The van der Waals surface area contributed by atoms with Crippen LogP contribution in [0.1, 0.15) is 12.5 Å². The minimum Gasteiger partial charge on any atom is -0.457 e. The van der Waals surface area contributed by atoms with Gasteiger partial charge < -0.3 is 15.9 Å². The maximum absolute atomic E-state index is 13.3. The van der Waals surface area contributed by atoms with Crippen LogP contribution in [0.2, 0.25) is 0 Å². The Kier molecular flexibility index (Phi) is 6.10. The van der Waals surface area contributed by atoms with Crippen molar-refractivity contribution in [2.45, 2.75) is 12.8 Å². The molecule has 1 aromatic heterocycles. The normalized spacial score (nSPS) is 12.4.